The molecule has 0 saturated carbocycles. The summed E-state index contributed by atoms with van der Waals surface area (Å²) in [7, 11) is 1.11. The zero-order valence-electron chi connectivity index (χ0n) is 13.1. The van der Waals surface area contributed by atoms with Gasteiger partial charge in [-0.3, -0.25) is 14.4 Å². The fraction of sp³-hybridized carbons (Fsp3) is 0.643. The topological polar surface area (TPSA) is 89.7 Å². The minimum Gasteiger partial charge on any atom is -0.469 e. The second kappa shape index (κ2) is 9.86. The summed E-state index contributed by atoms with van der Waals surface area (Å²) in [5.74, 6) is -2.69. The summed E-state index contributed by atoms with van der Waals surface area (Å²) in [5, 5.41) is 0. The van der Waals surface area contributed by atoms with Crippen LogP contribution in [-0.4, -0.2) is 49.1 Å². The molecule has 6 nitrogen and oxygen atoms in total. The summed E-state index contributed by atoms with van der Waals surface area (Å²) < 4.78 is 40.6. The van der Waals surface area contributed by atoms with Gasteiger partial charge in [0.25, 0.3) is 0 Å². The summed E-state index contributed by atoms with van der Waals surface area (Å²) >= 11 is 0. The molecule has 0 rings (SSSR count). The van der Waals surface area contributed by atoms with Crippen LogP contribution < -0.4 is 5.73 Å². The lowest BCUT2D eigenvalue weighted by molar-refractivity contribution is -0.146. The van der Waals surface area contributed by atoms with Crippen LogP contribution in [0.15, 0.2) is 12.2 Å². The number of methoxy groups -OCH3 is 1. The normalized spacial score (nSPS) is 12.9. The first-order chi connectivity index (χ1) is 10.6. The Morgan fingerprint density at radius 1 is 1.26 bits per heavy atom. The molecule has 132 valence electrons. The minimum absolute atomic E-state index is 0.0714. The predicted molar refractivity (Wildman–Crippen MR) is 76.0 cm³/mol. The molecule has 2 amide bonds. The molecule has 2 N–H and O–H groups in total. The number of ether oxygens (including phenoxy) is 1. The maximum absolute atomic E-state index is 12.1. The Bertz CT molecular complexity index is 450. The van der Waals surface area contributed by atoms with Crippen LogP contribution in [0.3, 0.4) is 0 Å². The zero-order chi connectivity index (χ0) is 18.0. The molecule has 0 aromatic rings. The van der Waals surface area contributed by atoms with E-state index in [1.807, 2.05) is 0 Å². The lowest BCUT2D eigenvalue weighted by Gasteiger charge is -2.24. The third-order valence-electron chi connectivity index (χ3n) is 3.05. The van der Waals surface area contributed by atoms with Gasteiger partial charge in [0.05, 0.1) is 19.4 Å². The van der Waals surface area contributed by atoms with E-state index in [-0.39, 0.29) is 13.1 Å². The Kier molecular flexibility index (Phi) is 8.97. The highest BCUT2D eigenvalue weighted by atomic mass is 19.4. The van der Waals surface area contributed by atoms with Crippen LogP contribution in [0.1, 0.15) is 26.2 Å². The number of primary amides is 1. The van der Waals surface area contributed by atoms with E-state index < -0.39 is 42.7 Å². The molecule has 1 unspecified atom stereocenters. The molecule has 0 aromatic heterocycles. The van der Waals surface area contributed by atoms with Crippen LogP contribution in [0.2, 0.25) is 0 Å². The number of nitrogens with two attached hydrogens (primary N) is 1. The fourth-order valence-corrected chi connectivity index (χ4v) is 1.69. The van der Waals surface area contributed by atoms with Gasteiger partial charge in [0.1, 0.15) is 6.42 Å². The average molecular weight is 338 g/mol. The zero-order valence-corrected chi connectivity index (χ0v) is 13.1. The number of hydrogen-bond acceptors (Lipinski definition) is 4. The monoisotopic (exact) mass is 338 g/mol. The quantitative estimate of drug-likeness (QED) is 0.391. The van der Waals surface area contributed by atoms with Crippen molar-refractivity contribution in [2.24, 2.45) is 11.7 Å². The Balaban J connectivity index is 4.88. The molecule has 0 bridgehead atoms. The number of hydrogen-bond donors (Lipinski definition) is 1. The first-order valence-electron chi connectivity index (χ1n) is 6.96. The summed E-state index contributed by atoms with van der Waals surface area (Å²) in [4.78, 5) is 35.5. The van der Waals surface area contributed by atoms with Crippen molar-refractivity contribution >= 4 is 17.8 Å². The second-order valence-electron chi connectivity index (χ2n) is 4.85. The molecule has 1 atom stereocenters. The van der Waals surface area contributed by atoms with Gasteiger partial charge in [-0.15, -0.1) is 0 Å². The molecule has 0 radical (unpaired) electrons. The number of allylic oxidation sites excluding steroid dienone is 1. The third-order valence-corrected chi connectivity index (χ3v) is 3.05. The highest BCUT2D eigenvalue weighted by Crippen LogP contribution is 2.19. The van der Waals surface area contributed by atoms with E-state index in [2.05, 4.69) is 4.74 Å². The number of esters is 1. The Morgan fingerprint density at radius 3 is 2.30 bits per heavy atom. The van der Waals surface area contributed by atoms with Crippen molar-refractivity contribution in [2.45, 2.75) is 32.4 Å². The molecule has 0 saturated heterocycles. The molecular weight excluding hydrogens is 317 g/mol. The molecule has 0 aliphatic carbocycles. The van der Waals surface area contributed by atoms with E-state index in [0.717, 1.165) is 24.2 Å². The maximum Gasteiger partial charge on any atom is 0.392 e. The van der Waals surface area contributed by atoms with Gasteiger partial charge >= 0.3 is 12.1 Å². The number of halogens is 3. The Morgan fingerprint density at radius 2 is 1.87 bits per heavy atom. The van der Waals surface area contributed by atoms with Crippen molar-refractivity contribution < 1.29 is 32.3 Å². The Labute approximate surface area is 132 Å². The molecular formula is C14H21F3N2O4. The smallest absolute Gasteiger partial charge is 0.392 e. The van der Waals surface area contributed by atoms with Crippen molar-refractivity contribution in [3.63, 3.8) is 0 Å². The first kappa shape index (κ1) is 20.9. The van der Waals surface area contributed by atoms with Gasteiger partial charge in [0, 0.05) is 13.1 Å². The van der Waals surface area contributed by atoms with E-state index in [9.17, 15) is 27.6 Å². The number of carbonyl (C=O) groups excluding carboxylic acids is 3. The van der Waals surface area contributed by atoms with Crippen LogP contribution in [0.4, 0.5) is 13.2 Å². The van der Waals surface area contributed by atoms with Crippen molar-refractivity contribution in [1.82, 2.24) is 4.90 Å². The van der Waals surface area contributed by atoms with E-state index in [0.29, 0.717) is 6.42 Å². The van der Waals surface area contributed by atoms with Crippen molar-refractivity contribution in [2.75, 3.05) is 20.2 Å². The summed E-state index contributed by atoms with van der Waals surface area (Å²) in [6.07, 6.45) is -3.61. The molecule has 0 aliphatic heterocycles. The van der Waals surface area contributed by atoms with Gasteiger partial charge in [0.15, 0.2) is 0 Å². The van der Waals surface area contributed by atoms with E-state index in [1.54, 1.807) is 6.92 Å². The van der Waals surface area contributed by atoms with Crippen molar-refractivity contribution in [3.8, 4) is 0 Å². The molecule has 9 heteroatoms. The SMILES string of the molecule is CCC(CN(CC=CCC(F)(F)F)C(=O)CC(=O)OC)C(N)=O. The number of nitrogens with zero attached hydrogens (tertiary/aromatic N) is 1. The largest absolute Gasteiger partial charge is 0.469 e. The second-order valence-corrected chi connectivity index (χ2v) is 4.85. The van der Waals surface area contributed by atoms with E-state index >= 15 is 0 Å². The predicted octanol–water partition coefficient (Wildman–Crippen LogP) is 1.40. The maximum atomic E-state index is 12.1. The van der Waals surface area contributed by atoms with Crippen LogP contribution in [0, 0.1) is 5.92 Å². The van der Waals surface area contributed by atoms with Gasteiger partial charge in [-0.2, -0.15) is 13.2 Å². The van der Waals surface area contributed by atoms with Crippen LogP contribution >= 0.6 is 0 Å². The molecule has 0 aliphatic rings. The van der Waals surface area contributed by atoms with Gasteiger partial charge in [-0.05, 0) is 6.42 Å². The number of amides is 2. The number of rotatable bonds is 9. The summed E-state index contributed by atoms with van der Waals surface area (Å²) in [5.41, 5.74) is 5.20. The van der Waals surface area contributed by atoms with E-state index in [4.69, 9.17) is 5.73 Å². The van der Waals surface area contributed by atoms with Crippen molar-refractivity contribution in [3.05, 3.63) is 12.2 Å². The molecule has 0 spiro atoms. The summed E-state index contributed by atoms with van der Waals surface area (Å²) in [6, 6.07) is 0. The van der Waals surface area contributed by atoms with Crippen LogP contribution in [-0.2, 0) is 19.1 Å². The molecule has 0 aromatic carbocycles. The third kappa shape index (κ3) is 9.54. The highest BCUT2D eigenvalue weighted by molar-refractivity contribution is 5.94. The lowest BCUT2D eigenvalue weighted by Crippen LogP contribution is -2.40. The standard InChI is InChI=1S/C14H21F3N2O4/c1-3-10(13(18)22)9-19(11(20)8-12(21)23-2)7-5-4-6-14(15,16)17/h4-5,10H,3,6-9H2,1-2H3,(H2,18,22). The highest BCUT2D eigenvalue weighted by Gasteiger charge is 2.25. The molecule has 0 fully saturated rings. The lowest BCUT2D eigenvalue weighted by atomic mass is 10.1. The van der Waals surface area contributed by atoms with Gasteiger partial charge < -0.3 is 15.4 Å². The minimum atomic E-state index is -4.34. The fourth-order valence-electron chi connectivity index (χ4n) is 1.69. The number of carbonyl (C=O) groups is 3. The Hall–Kier alpha value is -2.06. The van der Waals surface area contributed by atoms with Crippen LogP contribution in [0.5, 0.6) is 0 Å². The molecule has 23 heavy (non-hydrogen) atoms. The average Bonchev–Trinajstić information content (AvgIpc) is 2.44. The molecule has 0 heterocycles. The number of alkyl halides is 3. The van der Waals surface area contributed by atoms with Crippen molar-refractivity contribution in [1.29, 1.82) is 0 Å². The van der Waals surface area contributed by atoms with Gasteiger partial charge in [-0.1, -0.05) is 19.1 Å². The van der Waals surface area contributed by atoms with Gasteiger partial charge in [0.2, 0.25) is 11.8 Å². The van der Waals surface area contributed by atoms with E-state index in [1.165, 1.54) is 0 Å². The first-order valence-corrected chi connectivity index (χ1v) is 6.96. The van der Waals surface area contributed by atoms with Gasteiger partial charge in [-0.25, -0.2) is 0 Å². The summed E-state index contributed by atoms with van der Waals surface area (Å²) in [6.45, 7) is 1.46. The van der Waals surface area contributed by atoms with Crippen LogP contribution in [0.25, 0.3) is 0 Å².